The fourth-order valence-electron chi connectivity index (χ4n) is 4.49. The molecular weight excluding hydrogens is 538 g/mol. The quantitative estimate of drug-likeness (QED) is 0.160. The molecule has 0 aliphatic carbocycles. The second kappa shape index (κ2) is 18.3. The standard InChI is InChI=1S/C32H53N3O7/c1-9-11-12-13-14-15-20-35(30(39)27(22(3)4)34-31(40)42-32(6,7)8)28(24-16-17-25(36)23(5)21-24)29(38)33-19-18-26(37)41-10-2/h16-17,21-22,27-28,36H,9-15,18-20H2,1-8H3,(H,33,38)(H,34,40). The maximum absolute atomic E-state index is 14.2. The summed E-state index contributed by atoms with van der Waals surface area (Å²) in [5.74, 6) is -1.55. The summed E-state index contributed by atoms with van der Waals surface area (Å²) in [5, 5.41) is 15.7. The van der Waals surface area contributed by atoms with Crippen LogP contribution >= 0.6 is 0 Å². The fraction of sp³-hybridized carbons (Fsp3) is 0.688. The van der Waals surface area contributed by atoms with Crippen LogP contribution in [0.2, 0.25) is 0 Å². The molecule has 1 aromatic carbocycles. The van der Waals surface area contributed by atoms with E-state index in [4.69, 9.17) is 9.47 Å². The van der Waals surface area contributed by atoms with Crippen molar-refractivity contribution in [2.24, 2.45) is 5.92 Å². The number of carbonyl (C=O) groups is 4. The highest BCUT2D eigenvalue weighted by molar-refractivity contribution is 5.92. The monoisotopic (exact) mass is 591 g/mol. The molecule has 1 aromatic rings. The van der Waals surface area contributed by atoms with E-state index in [-0.39, 0.29) is 37.8 Å². The lowest BCUT2D eigenvalue weighted by Gasteiger charge is -2.36. The van der Waals surface area contributed by atoms with Crippen LogP contribution < -0.4 is 10.6 Å². The van der Waals surface area contributed by atoms with E-state index in [1.165, 1.54) is 11.0 Å². The van der Waals surface area contributed by atoms with Crippen LogP contribution in [0.25, 0.3) is 0 Å². The summed E-state index contributed by atoms with van der Waals surface area (Å²) in [6, 6.07) is 2.78. The summed E-state index contributed by atoms with van der Waals surface area (Å²) in [7, 11) is 0. The Morgan fingerprint density at radius 1 is 1.00 bits per heavy atom. The first-order valence-corrected chi connectivity index (χ1v) is 15.2. The van der Waals surface area contributed by atoms with Crippen LogP contribution in [0, 0.1) is 12.8 Å². The van der Waals surface area contributed by atoms with Gasteiger partial charge in [0.2, 0.25) is 11.8 Å². The largest absolute Gasteiger partial charge is 0.508 e. The van der Waals surface area contributed by atoms with Crippen LogP contribution in [0.4, 0.5) is 4.79 Å². The van der Waals surface area contributed by atoms with Crippen molar-refractivity contribution in [3.63, 3.8) is 0 Å². The zero-order valence-electron chi connectivity index (χ0n) is 26.9. The maximum atomic E-state index is 14.2. The molecule has 0 aliphatic rings. The zero-order valence-corrected chi connectivity index (χ0v) is 26.9. The van der Waals surface area contributed by atoms with E-state index in [2.05, 4.69) is 17.6 Å². The Hall–Kier alpha value is -3.30. The van der Waals surface area contributed by atoms with Crippen LogP contribution in [-0.4, -0.2) is 65.2 Å². The first-order chi connectivity index (χ1) is 19.7. The predicted molar refractivity (Wildman–Crippen MR) is 163 cm³/mol. The molecule has 2 unspecified atom stereocenters. The van der Waals surface area contributed by atoms with Gasteiger partial charge in [0.05, 0.1) is 13.0 Å². The fourth-order valence-corrected chi connectivity index (χ4v) is 4.49. The van der Waals surface area contributed by atoms with Gasteiger partial charge in [-0.1, -0.05) is 58.9 Å². The number of rotatable bonds is 17. The molecule has 0 fully saturated rings. The summed E-state index contributed by atoms with van der Waals surface area (Å²) in [4.78, 5) is 54.1. The number of ether oxygens (including phenoxy) is 2. The van der Waals surface area contributed by atoms with E-state index in [0.717, 1.165) is 32.1 Å². The first kappa shape index (κ1) is 36.7. The normalized spacial score (nSPS) is 12.8. The minimum absolute atomic E-state index is 0.0128. The number of aromatic hydroxyl groups is 1. The number of amides is 3. The number of carbonyl (C=O) groups excluding carboxylic acids is 4. The van der Waals surface area contributed by atoms with Gasteiger partial charge in [0.25, 0.3) is 0 Å². The molecule has 10 heteroatoms. The van der Waals surface area contributed by atoms with Gasteiger partial charge in [-0.2, -0.15) is 0 Å². The van der Waals surface area contributed by atoms with E-state index in [9.17, 15) is 24.3 Å². The lowest BCUT2D eigenvalue weighted by molar-refractivity contribution is -0.144. The molecule has 42 heavy (non-hydrogen) atoms. The van der Waals surface area contributed by atoms with Crippen molar-refractivity contribution in [3.05, 3.63) is 29.3 Å². The highest BCUT2D eigenvalue weighted by Gasteiger charge is 2.37. The average Bonchev–Trinajstić information content (AvgIpc) is 2.89. The van der Waals surface area contributed by atoms with Crippen LogP contribution in [0.1, 0.15) is 111 Å². The molecule has 10 nitrogen and oxygen atoms in total. The highest BCUT2D eigenvalue weighted by Crippen LogP contribution is 2.28. The number of phenols is 1. The van der Waals surface area contributed by atoms with Gasteiger partial charge in [-0.25, -0.2) is 4.79 Å². The Morgan fingerprint density at radius 2 is 1.64 bits per heavy atom. The number of phenolic OH excluding ortho intramolecular Hbond substituents is 1. The smallest absolute Gasteiger partial charge is 0.408 e. The number of alkyl carbamates (subject to hydrolysis) is 1. The van der Waals surface area contributed by atoms with Gasteiger partial charge in [-0.3, -0.25) is 14.4 Å². The number of benzene rings is 1. The van der Waals surface area contributed by atoms with Gasteiger partial charge in [0.15, 0.2) is 0 Å². The van der Waals surface area contributed by atoms with Gasteiger partial charge in [0, 0.05) is 13.1 Å². The second-order valence-corrected chi connectivity index (χ2v) is 12.0. The molecule has 0 aromatic heterocycles. The summed E-state index contributed by atoms with van der Waals surface area (Å²) in [6.07, 6.45) is 5.16. The second-order valence-electron chi connectivity index (χ2n) is 12.0. The molecule has 0 spiro atoms. The summed E-state index contributed by atoms with van der Waals surface area (Å²) >= 11 is 0. The van der Waals surface area contributed by atoms with Crippen molar-refractivity contribution >= 4 is 23.9 Å². The van der Waals surface area contributed by atoms with Crippen molar-refractivity contribution in [2.75, 3.05) is 19.7 Å². The zero-order chi connectivity index (χ0) is 31.9. The minimum atomic E-state index is -1.06. The van der Waals surface area contributed by atoms with Gasteiger partial charge in [-0.05, 0) is 70.2 Å². The van der Waals surface area contributed by atoms with E-state index >= 15 is 0 Å². The molecule has 0 bridgehead atoms. The third-order valence-electron chi connectivity index (χ3n) is 6.67. The number of esters is 1. The lowest BCUT2D eigenvalue weighted by Crippen LogP contribution is -2.55. The summed E-state index contributed by atoms with van der Waals surface area (Å²) in [6.45, 7) is 15.0. The molecule has 3 N–H and O–H groups in total. The molecule has 238 valence electrons. The lowest BCUT2D eigenvalue weighted by atomic mass is 9.97. The average molecular weight is 592 g/mol. The third kappa shape index (κ3) is 13.1. The topological polar surface area (TPSA) is 134 Å². The van der Waals surface area contributed by atoms with Crippen LogP contribution in [0.15, 0.2) is 18.2 Å². The number of aryl methyl sites for hydroxylation is 1. The number of nitrogens with one attached hydrogen (secondary N) is 2. The van der Waals surface area contributed by atoms with Crippen LogP contribution in [0.5, 0.6) is 5.75 Å². The molecule has 0 radical (unpaired) electrons. The van der Waals surface area contributed by atoms with E-state index in [1.807, 2.05) is 13.8 Å². The Kier molecular flexibility index (Phi) is 16.0. The van der Waals surface area contributed by atoms with E-state index in [0.29, 0.717) is 17.5 Å². The molecule has 0 heterocycles. The molecule has 2 atom stereocenters. The highest BCUT2D eigenvalue weighted by atomic mass is 16.6. The molecule has 1 rings (SSSR count). The summed E-state index contributed by atoms with van der Waals surface area (Å²) in [5.41, 5.74) is 0.312. The Balaban J connectivity index is 3.45. The van der Waals surface area contributed by atoms with Gasteiger partial charge < -0.3 is 30.1 Å². The molecule has 0 aliphatic heterocycles. The molecule has 0 saturated heterocycles. The maximum Gasteiger partial charge on any atom is 0.408 e. The molecule has 0 saturated carbocycles. The van der Waals surface area contributed by atoms with Crippen molar-refractivity contribution in [2.45, 2.75) is 118 Å². The minimum Gasteiger partial charge on any atom is -0.508 e. The van der Waals surface area contributed by atoms with E-state index < -0.39 is 41.6 Å². The first-order valence-electron chi connectivity index (χ1n) is 15.2. The number of nitrogens with zero attached hydrogens (tertiary/aromatic N) is 1. The van der Waals surface area contributed by atoms with Gasteiger partial charge in [0.1, 0.15) is 23.4 Å². The SMILES string of the molecule is CCCCCCCCN(C(=O)C(NC(=O)OC(C)(C)C)C(C)C)C(C(=O)NCCC(=O)OCC)c1ccc(O)c(C)c1. The third-order valence-corrected chi connectivity index (χ3v) is 6.67. The Morgan fingerprint density at radius 3 is 2.21 bits per heavy atom. The molecule has 3 amide bonds. The van der Waals surface area contributed by atoms with Crippen LogP contribution in [-0.2, 0) is 23.9 Å². The Bertz CT molecular complexity index is 1020. The predicted octanol–water partition coefficient (Wildman–Crippen LogP) is 5.55. The number of hydrogen-bond acceptors (Lipinski definition) is 7. The molecular formula is C32H53N3O7. The number of hydrogen-bond donors (Lipinski definition) is 3. The van der Waals surface area contributed by atoms with E-state index in [1.54, 1.807) is 46.8 Å². The van der Waals surface area contributed by atoms with Crippen LogP contribution in [0.3, 0.4) is 0 Å². The Labute approximate surface area is 251 Å². The van der Waals surface area contributed by atoms with Crippen molar-refractivity contribution in [1.29, 1.82) is 0 Å². The summed E-state index contributed by atoms with van der Waals surface area (Å²) < 4.78 is 10.4. The van der Waals surface area contributed by atoms with Gasteiger partial charge in [-0.15, -0.1) is 0 Å². The van der Waals surface area contributed by atoms with Gasteiger partial charge >= 0.3 is 12.1 Å². The van der Waals surface area contributed by atoms with Crippen molar-refractivity contribution in [3.8, 4) is 5.75 Å². The number of unbranched alkanes of at least 4 members (excludes halogenated alkanes) is 5. The van der Waals surface area contributed by atoms with Crippen molar-refractivity contribution in [1.82, 2.24) is 15.5 Å². The van der Waals surface area contributed by atoms with Crippen molar-refractivity contribution < 1.29 is 33.8 Å².